The third kappa shape index (κ3) is 1.57. The van der Waals surface area contributed by atoms with Crippen LogP contribution in [-0.4, -0.2) is 14.7 Å². The van der Waals surface area contributed by atoms with E-state index in [9.17, 15) is 5.11 Å². The van der Waals surface area contributed by atoms with E-state index in [-0.39, 0.29) is 5.41 Å². The Morgan fingerprint density at radius 3 is 2.71 bits per heavy atom. The molecule has 3 rings (SSSR count). The van der Waals surface area contributed by atoms with Crippen LogP contribution in [0.4, 0.5) is 0 Å². The first-order chi connectivity index (χ1) is 7.89. The predicted molar refractivity (Wildman–Crippen MR) is 67.7 cm³/mol. The van der Waals surface area contributed by atoms with E-state index in [2.05, 4.69) is 18.8 Å². The van der Waals surface area contributed by atoms with Crippen molar-refractivity contribution in [3.05, 3.63) is 30.1 Å². The van der Waals surface area contributed by atoms with Crippen LogP contribution in [-0.2, 0) is 12.1 Å². The van der Waals surface area contributed by atoms with Gasteiger partial charge >= 0.3 is 0 Å². The van der Waals surface area contributed by atoms with Crippen molar-refractivity contribution in [3.8, 4) is 0 Å². The lowest BCUT2D eigenvalue weighted by Crippen LogP contribution is -2.42. The van der Waals surface area contributed by atoms with Crippen LogP contribution in [0.25, 0.3) is 11.0 Å². The monoisotopic (exact) mass is 230 g/mol. The van der Waals surface area contributed by atoms with E-state index in [0.29, 0.717) is 0 Å². The van der Waals surface area contributed by atoms with Gasteiger partial charge in [0.15, 0.2) is 0 Å². The standard InChI is InChI=1S/C14H18N2O/c1-13(2)8-12-15-10-6-4-5-7-11(10)16(12)14(3,17)9-13/h4-7,17H,8-9H2,1-3H3. The van der Waals surface area contributed by atoms with Gasteiger partial charge in [-0.15, -0.1) is 0 Å². The molecule has 0 fully saturated rings. The summed E-state index contributed by atoms with van der Waals surface area (Å²) in [6.07, 6.45) is 1.67. The maximum atomic E-state index is 10.7. The van der Waals surface area contributed by atoms with E-state index >= 15 is 0 Å². The van der Waals surface area contributed by atoms with Gasteiger partial charge < -0.3 is 5.11 Å². The van der Waals surface area contributed by atoms with E-state index in [4.69, 9.17) is 0 Å². The topological polar surface area (TPSA) is 38.0 Å². The largest absolute Gasteiger partial charge is 0.371 e. The highest BCUT2D eigenvalue weighted by atomic mass is 16.3. The third-order valence-corrected chi connectivity index (χ3v) is 3.56. The quantitative estimate of drug-likeness (QED) is 0.755. The molecule has 17 heavy (non-hydrogen) atoms. The lowest BCUT2D eigenvalue weighted by Gasteiger charge is -2.40. The van der Waals surface area contributed by atoms with Crippen molar-refractivity contribution < 1.29 is 5.11 Å². The number of fused-ring (bicyclic) bond motifs is 3. The summed E-state index contributed by atoms with van der Waals surface area (Å²) in [4.78, 5) is 4.65. The van der Waals surface area contributed by atoms with Crippen LogP contribution >= 0.6 is 0 Å². The highest BCUT2D eigenvalue weighted by Gasteiger charge is 2.40. The molecule has 1 aromatic heterocycles. The van der Waals surface area contributed by atoms with Gasteiger partial charge in [0.2, 0.25) is 0 Å². The molecule has 0 amide bonds. The molecule has 3 heteroatoms. The Morgan fingerprint density at radius 1 is 1.24 bits per heavy atom. The molecule has 0 saturated carbocycles. The zero-order chi connectivity index (χ0) is 12.3. The van der Waals surface area contributed by atoms with Gasteiger partial charge in [-0.2, -0.15) is 0 Å². The molecule has 0 bridgehead atoms. The van der Waals surface area contributed by atoms with Crippen molar-refractivity contribution in [2.45, 2.75) is 39.3 Å². The van der Waals surface area contributed by atoms with E-state index < -0.39 is 5.72 Å². The Bertz CT molecular complexity index is 581. The maximum Gasteiger partial charge on any atom is 0.141 e. The van der Waals surface area contributed by atoms with Crippen molar-refractivity contribution in [2.75, 3.05) is 0 Å². The van der Waals surface area contributed by atoms with Crippen molar-refractivity contribution in [3.63, 3.8) is 0 Å². The molecule has 1 atom stereocenters. The van der Waals surface area contributed by atoms with Gasteiger partial charge in [0.25, 0.3) is 0 Å². The Morgan fingerprint density at radius 2 is 1.94 bits per heavy atom. The summed E-state index contributed by atoms with van der Waals surface area (Å²) < 4.78 is 1.99. The third-order valence-electron chi connectivity index (χ3n) is 3.56. The fraction of sp³-hybridized carbons (Fsp3) is 0.500. The van der Waals surface area contributed by atoms with Gasteiger partial charge in [-0.05, 0) is 24.5 Å². The lowest BCUT2D eigenvalue weighted by atomic mass is 9.78. The van der Waals surface area contributed by atoms with Gasteiger partial charge in [-0.25, -0.2) is 4.98 Å². The summed E-state index contributed by atoms with van der Waals surface area (Å²) in [5.74, 6) is 0.993. The van der Waals surface area contributed by atoms with Gasteiger partial charge in [0.1, 0.15) is 11.5 Å². The second-order valence-corrected chi connectivity index (χ2v) is 6.09. The number of aromatic nitrogens is 2. The number of aliphatic hydroxyl groups is 1. The number of benzene rings is 1. The van der Waals surface area contributed by atoms with Crippen LogP contribution in [0.3, 0.4) is 0 Å². The molecule has 0 saturated heterocycles. The first-order valence-corrected chi connectivity index (χ1v) is 6.08. The molecule has 2 heterocycles. The molecule has 3 nitrogen and oxygen atoms in total. The minimum atomic E-state index is -0.840. The summed E-state index contributed by atoms with van der Waals surface area (Å²) in [5.41, 5.74) is 1.26. The Balaban J connectivity index is 2.31. The van der Waals surface area contributed by atoms with Crippen LogP contribution < -0.4 is 0 Å². The Labute approximate surface area is 101 Å². The average molecular weight is 230 g/mol. The smallest absolute Gasteiger partial charge is 0.141 e. The Kier molecular flexibility index (Phi) is 1.97. The van der Waals surface area contributed by atoms with Gasteiger partial charge in [0, 0.05) is 12.8 Å². The van der Waals surface area contributed by atoms with Crippen LogP contribution in [0.1, 0.15) is 33.0 Å². The summed E-state index contributed by atoms with van der Waals surface area (Å²) in [5, 5.41) is 10.7. The molecular weight excluding hydrogens is 212 g/mol. The fourth-order valence-corrected chi connectivity index (χ4v) is 3.21. The number of nitrogens with zero attached hydrogens (tertiary/aromatic N) is 2. The SMILES string of the molecule is CC1(C)Cc2nc3ccccc3n2C(C)(O)C1. The van der Waals surface area contributed by atoms with Crippen molar-refractivity contribution in [1.82, 2.24) is 9.55 Å². The molecule has 1 aliphatic rings. The van der Waals surface area contributed by atoms with Crippen molar-refractivity contribution in [1.29, 1.82) is 0 Å². The summed E-state index contributed by atoms with van der Waals surface area (Å²) >= 11 is 0. The Hall–Kier alpha value is -1.35. The van der Waals surface area contributed by atoms with Crippen LogP contribution in [0.15, 0.2) is 24.3 Å². The number of hydrogen-bond donors (Lipinski definition) is 1. The number of hydrogen-bond acceptors (Lipinski definition) is 2. The normalized spacial score (nSPS) is 27.1. The molecule has 1 N–H and O–H groups in total. The van der Waals surface area contributed by atoms with E-state index in [1.165, 1.54) is 0 Å². The highest BCUT2D eigenvalue weighted by molar-refractivity contribution is 5.76. The fourth-order valence-electron chi connectivity index (χ4n) is 3.21. The summed E-state index contributed by atoms with van der Waals surface area (Å²) in [7, 11) is 0. The van der Waals surface area contributed by atoms with E-state index in [1.54, 1.807) is 0 Å². The lowest BCUT2D eigenvalue weighted by molar-refractivity contribution is -0.0702. The van der Waals surface area contributed by atoms with Crippen LogP contribution in [0, 0.1) is 5.41 Å². The zero-order valence-corrected chi connectivity index (χ0v) is 10.6. The minimum Gasteiger partial charge on any atom is -0.371 e. The number of rotatable bonds is 0. The first kappa shape index (κ1) is 10.8. The molecule has 1 unspecified atom stereocenters. The number of para-hydroxylation sites is 2. The first-order valence-electron chi connectivity index (χ1n) is 6.08. The molecular formula is C14H18N2O. The second-order valence-electron chi connectivity index (χ2n) is 6.09. The summed E-state index contributed by atoms with van der Waals surface area (Å²) in [6.45, 7) is 6.25. The molecule has 1 aliphatic heterocycles. The second kappa shape index (κ2) is 3.10. The molecule has 0 aliphatic carbocycles. The van der Waals surface area contributed by atoms with E-state index in [1.807, 2.05) is 35.8 Å². The van der Waals surface area contributed by atoms with Gasteiger partial charge in [-0.1, -0.05) is 26.0 Å². The van der Waals surface area contributed by atoms with Crippen molar-refractivity contribution in [2.24, 2.45) is 5.41 Å². The highest BCUT2D eigenvalue weighted by Crippen LogP contribution is 2.41. The molecule has 0 radical (unpaired) electrons. The number of imidazole rings is 1. The molecule has 1 aromatic carbocycles. The molecule has 90 valence electrons. The molecule has 2 aromatic rings. The predicted octanol–water partition coefficient (Wildman–Crippen LogP) is 2.67. The minimum absolute atomic E-state index is 0.0981. The van der Waals surface area contributed by atoms with Crippen LogP contribution in [0.2, 0.25) is 0 Å². The summed E-state index contributed by atoms with van der Waals surface area (Å²) in [6, 6.07) is 8.01. The average Bonchev–Trinajstić information content (AvgIpc) is 2.51. The maximum absolute atomic E-state index is 10.7. The van der Waals surface area contributed by atoms with Gasteiger partial charge in [0.05, 0.1) is 11.0 Å². The molecule has 0 spiro atoms. The zero-order valence-electron chi connectivity index (χ0n) is 10.6. The van der Waals surface area contributed by atoms with E-state index in [0.717, 1.165) is 29.7 Å². The van der Waals surface area contributed by atoms with Crippen molar-refractivity contribution >= 4 is 11.0 Å². The van der Waals surface area contributed by atoms with Crippen LogP contribution in [0.5, 0.6) is 0 Å². The van der Waals surface area contributed by atoms with Gasteiger partial charge in [-0.3, -0.25) is 4.57 Å².